The van der Waals surface area contributed by atoms with E-state index in [4.69, 9.17) is 9.73 Å². The average Bonchev–Trinajstić information content (AvgIpc) is 3.27. The van der Waals surface area contributed by atoms with Gasteiger partial charge in [0.15, 0.2) is 5.96 Å². The van der Waals surface area contributed by atoms with Crippen LogP contribution in [-0.2, 0) is 4.74 Å². The first kappa shape index (κ1) is 19.5. The van der Waals surface area contributed by atoms with Crippen LogP contribution in [0.5, 0.6) is 0 Å². The van der Waals surface area contributed by atoms with Crippen molar-refractivity contribution in [3.63, 3.8) is 0 Å². The van der Waals surface area contributed by atoms with Gasteiger partial charge in [0.05, 0.1) is 6.10 Å². The highest BCUT2D eigenvalue weighted by Crippen LogP contribution is 2.27. The molecule has 2 aliphatic rings. The molecule has 5 heteroatoms. The number of guanidine groups is 1. The van der Waals surface area contributed by atoms with Crippen molar-refractivity contribution in [2.24, 2.45) is 4.99 Å². The van der Waals surface area contributed by atoms with Crippen molar-refractivity contribution < 1.29 is 4.74 Å². The van der Waals surface area contributed by atoms with Crippen molar-refractivity contribution in [1.29, 1.82) is 0 Å². The van der Waals surface area contributed by atoms with Crippen LogP contribution in [0, 0.1) is 0 Å². The Morgan fingerprint density at radius 3 is 2.83 bits per heavy atom. The average molecular weight is 443 g/mol. The SMILES string of the molecule is CCNC(=NCCC1CCCO1)N1CCC(c2ccccc2)C1.I. The topological polar surface area (TPSA) is 36.9 Å². The summed E-state index contributed by atoms with van der Waals surface area (Å²) in [5.74, 6) is 1.70. The summed E-state index contributed by atoms with van der Waals surface area (Å²) in [6.07, 6.45) is 5.09. The van der Waals surface area contributed by atoms with Crippen LogP contribution < -0.4 is 5.32 Å². The van der Waals surface area contributed by atoms with Crippen molar-refractivity contribution in [3.8, 4) is 0 Å². The lowest BCUT2D eigenvalue weighted by atomic mass is 9.99. The summed E-state index contributed by atoms with van der Waals surface area (Å²) >= 11 is 0. The number of hydrogen-bond acceptors (Lipinski definition) is 2. The van der Waals surface area contributed by atoms with E-state index in [2.05, 4.69) is 47.5 Å². The molecule has 2 heterocycles. The maximum absolute atomic E-state index is 5.69. The van der Waals surface area contributed by atoms with Crippen LogP contribution >= 0.6 is 24.0 Å². The maximum atomic E-state index is 5.69. The third-order valence-electron chi connectivity index (χ3n) is 4.83. The quantitative estimate of drug-likeness (QED) is 0.429. The van der Waals surface area contributed by atoms with E-state index >= 15 is 0 Å². The van der Waals surface area contributed by atoms with Gasteiger partial charge in [0, 0.05) is 38.7 Å². The summed E-state index contributed by atoms with van der Waals surface area (Å²) in [6, 6.07) is 10.9. The van der Waals surface area contributed by atoms with Crippen molar-refractivity contribution in [3.05, 3.63) is 35.9 Å². The van der Waals surface area contributed by atoms with Gasteiger partial charge >= 0.3 is 0 Å². The molecule has 1 N–H and O–H groups in total. The summed E-state index contributed by atoms with van der Waals surface area (Å²) in [7, 11) is 0. The van der Waals surface area contributed by atoms with Gasteiger partial charge in [-0.1, -0.05) is 30.3 Å². The van der Waals surface area contributed by atoms with Gasteiger partial charge in [0.25, 0.3) is 0 Å². The molecule has 0 spiro atoms. The molecule has 2 saturated heterocycles. The molecule has 0 saturated carbocycles. The maximum Gasteiger partial charge on any atom is 0.193 e. The molecule has 1 aromatic carbocycles. The lowest BCUT2D eigenvalue weighted by Gasteiger charge is -2.22. The van der Waals surface area contributed by atoms with E-state index in [1.807, 2.05) is 0 Å². The summed E-state index contributed by atoms with van der Waals surface area (Å²) in [5.41, 5.74) is 1.45. The smallest absolute Gasteiger partial charge is 0.193 e. The monoisotopic (exact) mass is 443 g/mol. The van der Waals surface area contributed by atoms with E-state index in [0.717, 1.165) is 45.2 Å². The van der Waals surface area contributed by atoms with Crippen LogP contribution in [0.25, 0.3) is 0 Å². The Morgan fingerprint density at radius 2 is 2.12 bits per heavy atom. The van der Waals surface area contributed by atoms with Crippen LogP contribution in [0.3, 0.4) is 0 Å². The molecule has 0 bridgehead atoms. The van der Waals surface area contributed by atoms with Gasteiger partial charge < -0.3 is 15.0 Å². The van der Waals surface area contributed by atoms with E-state index in [1.165, 1.54) is 24.8 Å². The third-order valence-corrected chi connectivity index (χ3v) is 4.83. The van der Waals surface area contributed by atoms with Crippen LogP contribution in [0.2, 0.25) is 0 Å². The molecule has 2 atom stereocenters. The number of likely N-dealkylation sites (tertiary alicyclic amines) is 1. The molecule has 24 heavy (non-hydrogen) atoms. The second kappa shape index (κ2) is 10.2. The fourth-order valence-corrected chi connectivity index (χ4v) is 3.56. The Morgan fingerprint density at radius 1 is 1.29 bits per heavy atom. The Kier molecular flexibility index (Phi) is 8.32. The van der Waals surface area contributed by atoms with Gasteiger partial charge in [0.1, 0.15) is 0 Å². The number of aliphatic imine (C=N–C) groups is 1. The number of hydrogen-bond donors (Lipinski definition) is 1. The van der Waals surface area contributed by atoms with E-state index in [1.54, 1.807) is 0 Å². The molecule has 0 amide bonds. The molecule has 2 fully saturated rings. The van der Waals surface area contributed by atoms with Crippen LogP contribution in [0.4, 0.5) is 0 Å². The van der Waals surface area contributed by atoms with E-state index in [9.17, 15) is 0 Å². The Bertz CT molecular complexity index is 503. The number of halogens is 1. The minimum absolute atomic E-state index is 0. The molecule has 2 unspecified atom stereocenters. The van der Waals surface area contributed by atoms with Crippen molar-refractivity contribution in [2.75, 3.05) is 32.8 Å². The molecular weight excluding hydrogens is 413 g/mol. The Hall–Kier alpha value is -0.820. The first-order valence-electron chi connectivity index (χ1n) is 9.06. The normalized spacial score (nSPS) is 24.0. The third kappa shape index (κ3) is 5.34. The van der Waals surface area contributed by atoms with Gasteiger partial charge in [-0.25, -0.2) is 0 Å². The zero-order valence-electron chi connectivity index (χ0n) is 14.6. The number of ether oxygens (including phenoxy) is 1. The second-order valence-corrected chi connectivity index (χ2v) is 6.50. The highest BCUT2D eigenvalue weighted by molar-refractivity contribution is 14.0. The molecule has 0 aromatic heterocycles. The van der Waals surface area contributed by atoms with Crippen LogP contribution in [0.1, 0.15) is 44.1 Å². The standard InChI is InChI=1S/C19H29N3O.HI/c1-2-20-19(21-12-10-18-9-6-14-23-18)22-13-11-17(15-22)16-7-4-3-5-8-16;/h3-5,7-8,17-18H,2,6,9-15H2,1H3,(H,20,21);1H. The molecule has 1 aromatic rings. The molecule has 0 aliphatic carbocycles. The number of nitrogens with one attached hydrogen (secondary N) is 1. The molecule has 134 valence electrons. The molecule has 0 radical (unpaired) electrons. The van der Waals surface area contributed by atoms with Crippen LogP contribution in [-0.4, -0.2) is 49.7 Å². The summed E-state index contributed by atoms with van der Waals surface area (Å²) in [4.78, 5) is 7.25. The first-order valence-corrected chi connectivity index (χ1v) is 9.06. The molecule has 2 aliphatic heterocycles. The van der Waals surface area contributed by atoms with E-state index in [-0.39, 0.29) is 24.0 Å². The number of benzene rings is 1. The van der Waals surface area contributed by atoms with Gasteiger partial charge in [-0.15, -0.1) is 24.0 Å². The lowest BCUT2D eigenvalue weighted by Crippen LogP contribution is -2.40. The number of rotatable bonds is 5. The van der Waals surface area contributed by atoms with Crippen molar-refractivity contribution in [2.45, 2.75) is 44.6 Å². The van der Waals surface area contributed by atoms with Crippen molar-refractivity contribution in [1.82, 2.24) is 10.2 Å². The minimum atomic E-state index is 0. The van der Waals surface area contributed by atoms with E-state index < -0.39 is 0 Å². The van der Waals surface area contributed by atoms with Gasteiger partial charge in [-0.3, -0.25) is 4.99 Å². The van der Waals surface area contributed by atoms with Gasteiger partial charge in [-0.05, 0) is 38.2 Å². The van der Waals surface area contributed by atoms with E-state index in [0.29, 0.717) is 12.0 Å². The van der Waals surface area contributed by atoms with Gasteiger partial charge in [-0.2, -0.15) is 0 Å². The fourth-order valence-electron chi connectivity index (χ4n) is 3.56. The largest absolute Gasteiger partial charge is 0.378 e. The number of nitrogens with zero attached hydrogens (tertiary/aromatic N) is 2. The highest BCUT2D eigenvalue weighted by atomic mass is 127. The molecule has 4 nitrogen and oxygen atoms in total. The first-order chi connectivity index (χ1) is 11.4. The highest BCUT2D eigenvalue weighted by Gasteiger charge is 2.26. The van der Waals surface area contributed by atoms with Crippen LogP contribution in [0.15, 0.2) is 35.3 Å². The molecule has 3 rings (SSSR count). The zero-order chi connectivity index (χ0) is 15.9. The summed E-state index contributed by atoms with van der Waals surface area (Å²) < 4.78 is 5.69. The summed E-state index contributed by atoms with van der Waals surface area (Å²) in [5, 5.41) is 3.46. The van der Waals surface area contributed by atoms with Gasteiger partial charge in [0.2, 0.25) is 0 Å². The predicted octanol–water partition coefficient (Wildman–Crippen LogP) is 3.63. The molecular formula is C19H30IN3O. The minimum Gasteiger partial charge on any atom is -0.378 e. The Balaban J connectivity index is 0.00000208. The zero-order valence-corrected chi connectivity index (χ0v) is 16.9. The predicted molar refractivity (Wildman–Crippen MR) is 110 cm³/mol. The lowest BCUT2D eigenvalue weighted by molar-refractivity contribution is 0.106. The van der Waals surface area contributed by atoms with Crippen molar-refractivity contribution >= 4 is 29.9 Å². The summed E-state index contributed by atoms with van der Waals surface area (Å²) in [6.45, 7) is 7.01. The Labute approximate surface area is 163 Å². The fraction of sp³-hybridized carbons (Fsp3) is 0.632. The second-order valence-electron chi connectivity index (χ2n) is 6.50.